The van der Waals surface area contributed by atoms with E-state index in [0.717, 1.165) is 5.69 Å². The van der Waals surface area contributed by atoms with Gasteiger partial charge < -0.3 is 19.9 Å². The lowest BCUT2D eigenvalue weighted by Gasteiger charge is -2.36. The molecule has 0 spiro atoms. The van der Waals surface area contributed by atoms with Gasteiger partial charge in [0, 0.05) is 32.6 Å². The number of carbonyl (C=O) groups is 4. The number of aromatic nitrogens is 1. The predicted molar refractivity (Wildman–Crippen MR) is 108 cm³/mol. The van der Waals surface area contributed by atoms with Crippen LogP contribution in [0.15, 0.2) is 18.3 Å². The van der Waals surface area contributed by atoms with Crippen LogP contribution in [0.2, 0.25) is 0 Å². The summed E-state index contributed by atoms with van der Waals surface area (Å²) in [5, 5.41) is 4.81. The van der Waals surface area contributed by atoms with Crippen molar-refractivity contribution in [3.8, 4) is 0 Å². The van der Waals surface area contributed by atoms with E-state index in [4.69, 9.17) is 4.74 Å². The number of amides is 4. The number of carbonyl (C=O) groups excluding carboxylic acids is 4. The molecule has 0 aliphatic carbocycles. The second kappa shape index (κ2) is 8.68. The number of imide groups is 1. The number of nitrogens with zero attached hydrogens (tertiary/aromatic N) is 3. The lowest BCUT2D eigenvalue weighted by Crippen LogP contribution is -2.52. The number of piperazine rings is 1. The van der Waals surface area contributed by atoms with E-state index in [1.54, 1.807) is 23.2 Å². The fourth-order valence-electron chi connectivity index (χ4n) is 3.24. The Labute approximate surface area is 174 Å². The molecular formula is C20H27N5O5. The predicted octanol–water partition coefficient (Wildman–Crippen LogP) is 0.674. The highest BCUT2D eigenvalue weighted by Crippen LogP contribution is 2.18. The van der Waals surface area contributed by atoms with Crippen molar-refractivity contribution in [1.29, 1.82) is 0 Å². The van der Waals surface area contributed by atoms with Crippen LogP contribution >= 0.6 is 0 Å². The number of nitrogens with one attached hydrogen (secondary N) is 2. The summed E-state index contributed by atoms with van der Waals surface area (Å²) in [4.78, 5) is 55.4. The van der Waals surface area contributed by atoms with Gasteiger partial charge in [0.2, 0.25) is 11.8 Å². The molecule has 2 aliphatic heterocycles. The van der Waals surface area contributed by atoms with Gasteiger partial charge in [-0.15, -0.1) is 0 Å². The van der Waals surface area contributed by atoms with Crippen LogP contribution in [0.3, 0.4) is 0 Å². The summed E-state index contributed by atoms with van der Waals surface area (Å²) in [5.41, 5.74) is 0.509. The Balaban J connectivity index is 1.52. The molecule has 1 aromatic rings. The Morgan fingerprint density at radius 2 is 1.87 bits per heavy atom. The topological polar surface area (TPSA) is 121 Å². The zero-order valence-electron chi connectivity index (χ0n) is 17.4. The number of ether oxygens (including phenoxy) is 1. The fourth-order valence-corrected chi connectivity index (χ4v) is 3.24. The minimum absolute atomic E-state index is 0.191. The average molecular weight is 417 g/mol. The summed E-state index contributed by atoms with van der Waals surface area (Å²) in [6.45, 7) is 7.84. The number of rotatable bonds is 3. The Bertz CT molecular complexity index is 825. The average Bonchev–Trinajstić information content (AvgIpc) is 2.69. The van der Waals surface area contributed by atoms with Crippen molar-refractivity contribution < 1.29 is 23.9 Å². The van der Waals surface area contributed by atoms with Gasteiger partial charge in [-0.2, -0.15) is 0 Å². The van der Waals surface area contributed by atoms with E-state index >= 15 is 0 Å². The molecule has 1 unspecified atom stereocenters. The van der Waals surface area contributed by atoms with Crippen molar-refractivity contribution in [2.45, 2.75) is 45.3 Å². The number of piperidine rings is 1. The molecule has 30 heavy (non-hydrogen) atoms. The van der Waals surface area contributed by atoms with Crippen LogP contribution in [0.25, 0.3) is 0 Å². The molecule has 0 radical (unpaired) electrons. The lowest BCUT2D eigenvalue weighted by molar-refractivity contribution is -0.134. The van der Waals surface area contributed by atoms with Gasteiger partial charge in [-0.05, 0) is 39.3 Å². The van der Waals surface area contributed by atoms with E-state index in [9.17, 15) is 19.2 Å². The molecule has 3 rings (SSSR count). The van der Waals surface area contributed by atoms with Crippen molar-refractivity contribution >= 4 is 29.5 Å². The Morgan fingerprint density at radius 1 is 1.17 bits per heavy atom. The van der Waals surface area contributed by atoms with Crippen LogP contribution in [0.4, 0.5) is 10.5 Å². The van der Waals surface area contributed by atoms with Crippen molar-refractivity contribution in [2.24, 2.45) is 0 Å². The van der Waals surface area contributed by atoms with E-state index in [0.29, 0.717) is 26.2 Å². The standard InChI is InChI=1S/C20H27N5O5/c1-20(2,3)30-19(29)25-10-8-24(9-11-25)13-4-5-14(21-12-13)17(27)22-15-6-7-16(26)23-18(15)28/h4-5,12,15H,6-11H2,1-3H3,(H,22,27)(H,23,26,28). The maximum Gasteiger partial charge on any atom is 0.410 e. The maximum absolute atomic E-state index is 12.3. The minimum Gasteiger partial charge on any atom is -0.444 e. The molecular weight excluding hydrogens is 390 g/mol. The first-order valence-electron chi connectivity index (χ1n) is 9.96. The molecule has 1 atom stereocenters. The Hall–Kier alpha value is -3.17. The lowest BCUT2D eigenvalue weighted by atomic mass is 10.1. The molecule has 4 amide bonds. The van der Waals surface area contributed by atoms with Crippen LogP contribution in [0.5, 0.6) is 0 Å². The minimum atomic E-state index is -0.738. The summed E-state index contributed by atoms with van der Waals surface area (Å²) >= 11 is 0. The maximum atomic E-state index is 12.3. The molecule has 2 N–H and O–H groups in total. The molecule has 3 heterocycles. The van der Waals surface area contributed by atoms with Crippen LogP contribution in [-0.2, 0) is 14.3 Å². The fraction of sp³-hybridized carbons (Fsp3) is 0.550. The third-order valence-electron chi connectivity index (χ3n) is 4.82. The highest BCUT2D eigenvalue weighted by molar-refractivity contribution is 6.03. The zero-order chi connectivity index (χ0) is 21.9. The van der Waals surface area contributed by atoms with E-state index < -0.39 is 23.5 Å². The van der Waals surface area contributed by atoms with Gasteiger partial charge in [0.1, 0.15) is 17.3 Å². The van der Waals surface area contributed by atoms with Gasteiger partial charge in [0.05, 0.1) is 11.9 Å². The highest BCUT2D eigenvalue weighted by Gasteiger charge is 2.29. The van der Waals surface area contributed by atoms with Crippen LogP contribution in [0.1, 0.15) is 44.1 Å². The molecule has 0 bridgehead atoms. The monoisotopic (exact) mass is 417 g/mol. The quantitative estimate of drug-likeness (QED) is 0.694. The first-order valence-corrected chi connectivity index (χ1v) is 9.96. The van der Waals surface area contributed by atoms with Crippen molar-refractivity contribution in [1.82, 2.24) is 20.5 Å². The summed E-state index contributed by atoms with van der Waals surface area (Å²) in [7, 11) is 0. The molecule has 10 heteroatoms. The van der Waals surface area contributed by atoms with Gasteiger partial charge in [-0.1, -0.05) is 0 Å². The molecule has 1 aromatic heterocycles. The van der Waals surface area contributed by atoms with Gasteiger partial charge in [-0.3, -0.25) is 19.7 Å². The molecule has 2 fully saturated rings. The largest absolute Gasteiger partial charge is 0.444 e. The Morgan fingerprint density at radius 3 is 2.43 bits per heavy atom. The number of pyridine rings is 1. The van der Waals surface area contributed by atoms with Crippen LogP contribution < -0.4 is 15.5 Å². The third kappa shape index (κ3) is 5.46. The van der Waals surface area contributed by atoms with Gasteiger partial charge in [-0.25, -0.2) is 9.78 Å². The molecule has 0 aromatic carbocycles. The number of hydrogen-bond donors (Lipinski definition) is 2. The first-order chi connectivity index (χ1) is 14.1. The second-order valence-corrected chi connectivity index (χ2v) is 8.33. The van der Waals surface area contributed by atoms with Crippen LogP contribution in [0, 0.1) is 0 Å². The second-order valence-electron chi connectivity index (χ2n) is 8.33. The smallest absolute Gasteiger partial charge is 0.410 e. The molecule has 2 saturated heterocycles. The summed E-state index contributed by atoms with van der Waals surface area (Å²) < 4.78 is 5.40. The first kappa shape index (κ1) is 21.5. The molecule has 2 aliphatic rings. The van der Waals surface area contributed by atoms with Gasteiger partial charge >= 0.3 is 6.09 Å². The van der Waals surface area contributed by atoms with Crippen molar-refractivity contribution in [3.63, 3.8) is 0 Å². The van der Waals surface area contributed by atoms with Crippen molar-refractivity contribution in [2.75, 3.05) is 31.1 Å². The summed E-state index contributed by atoms with van der Waals surface area (Å²) in [5.74, 6) is -1.30. The third-order valence-corrected chi connectivity index (χ3v) is 4.82. The van der Waals surface area contributed by atoms with E-state index in [1.165, 1.54) is 0 Å². The molecule has 10 nitrogen and oxygen atoms in total. The zero-order valence-corrected chi connectivity index (χ0v) is 17.4. The molecule has 162 valence electrons. The molecule has 0 saturated carbocycles. The van der Waals surface area contributed by atoms with E-state index in [-0.39, 0.29) is 30.5 Å². The van der Waals surface area contributed by atoms with E-state index in [2.05, 4.69) is 20.5 Å². The Kier molecular flexibility index (Phi) is 6.23. The summed E-state index contributed by atoms with van der Waals surface area (Å²) in [6.07, 6.45) is 1.75. The highest BCUT2D eigenvalue weighted by atomic mass is 16.6. The number of anilines is 1. The summed E-state index contributed by atoms with van der Waals surface area (Å²) in [6, 6.07) is 2.64. The van der Waals surface area contributed by atoms with Crippen LogP contribution in [-0.4, -0.2) is 71.5 Å². The normalized spacial score (nSPS) is 19.9. The van der Waals surface area contributed by atoms with Crippen molar-refractivity contribution in [3.05, 3.63) is 24.0 Å². The van der Waals surface area contributed by atoms with Gasteiger partial charge in [0.25, 0.3) is 5.91 Å². The number of hydrogen-bond acceptors (Lipinski definition) is 7. The van der Waals surface area contributed by atoms with Gasteiger partial charge in [0.15, 0.2) is 0 Å². The van der Waals surface area contributed by atoms with E-state index in [1.807, 2.05) is 20.8 Å². The SMILES string of the molecule is CC(C)(C)OC(=O)N1CCN(c2ccc(C(=O)NC3CCC(=O)NC3=O)nc2)CC1.